The van der Waals surface area contributed by atoms with E-state index in [4.69, 9.17) is 5.26 Å². The topological polar surface area (TPSA) is 99.0 Å². The summed E-state index contributed by atoms with van der Waals surface area (Å²) in [7, 11) is -5.13. The van der Waals surface area contributed by atoms with Gasteiger partial charge in [-0.15, -0.1) is 0 Å². The SMILES string of the molecule is CCCCNc1nc(N(c2ccccc2)S(=O)(=O)F)ncc1C#N. The molecule has 0 atom stereocenters. The second kappa shape index (κ2) is 7.70. The van der Waals surface area contributed by atoms with Gasteiger partial charge in [-0.2, -0.15) is 23.0 Å². The summed E-state index contributed by atoms with van der Waals surface area (Å²) in [6, 6.07) is 9.56. The molecule has 0 bridgehead atoms. The number of nitrogens with zero attached hydrogens (tertiary/aromatic N) is 4. The molecule has 2 rings (SSSR count). The van der Waals surface area contributed by atoms with Gasteiger partial charge in [0.05, 0.1) is 11.9 Å². The Morgan fingerprint density at radius 2 is 2.04 bits per heavy atom. The van der Waals surface area contributed by atoms with Crippen LogP contribution in [-0.4, -0.2) is 24.9 Å². The van der Waals surface area contributed by atoms with Gasteiger partial charge in [-0.1, -0.05) is 35.4 Å². The van der Waals surface area contributed by atoms with Crippen molar-refractivity contribution < 1.29 is 12.3 Å². The normalized spacial score (nSPS) is 10.9. The number of para-hydroxylation sites is 1. The quantitative estimate of drug-likeness (QED) is 0.609. The van der Waals surface area contributed by atoms with Gasteiger partial charge in [0.15, 0.2) is 0 Å². The van der Waals surface area contributed by atoms with Gasteiger partial charge in [0.1, 0.15) is 17.5 Å². The number of unbranched alkanes of at least 4 members (excludes halogenated alkanes) is 1. The van der Waals surface area contributed by atoms with Crippen molar-refractivity contribution in [3.05, 3.63) is 42.1 Å². The van der Waals surface area contributed by atoms with Crippen LogP contribution in [0, 0.1) is 11.3 Å². The average Bonchev–Trinajstić information content (AvgIpc) is 2.55. The number of anilines is 3. The van der Waals surface area contributed by atoms with Gasteiger partial charge in [-0.25, -0.2) is 4.98 Å². The summed E-state index contributed by atoms with van der Waals surface area (Å²) in [6.07, 6.45) is 2.94. The number of hydrogen-bond donors (Lipinski definition) is 1. The molecule has 0 fully saturated rings. The zero-order valence-electron chi connectivity index (χ0n) is 13.0. The minimum absolute atomic E-state index is 0.0595. The Labute approximate surface area is 140 Å². The van der Waals surface area contributed by atoms with Crippen molar-refractivity contribution in [1.82, 2.24) is 9.97 Å². The molecular weight excluding hydrogens is 333 g/mol. The van der Waals surface area contributed by atoms with E-state index in [2.05, 4.69) is 15.3 Å². The summed E-state index contributed by atoms with van der Waals surface area (Å²) >= 11 is 0. The van der Waals surface area contributed by atoms with Crippen LogP contribution in [-0.2, 0) is 10.4 Å². The van der Waals surface area contributed by atoms with E-state index >= 15 is 0 Å². The summed E-state index contributed by atoms with van der Waals surface area (Å²) in [6.45, 7) is 2.56. The molecule has 0 aliphatic heterocycles. The molecule has 24 heavy (non-hydrogen) atoms. The molecule has 1 heterocycles. The minimum Gasteiger partial charge on any atom is -0.369 e. The molecule has 1 N–H and O–H groups in total. The highest BCUT2D eigenvalue weighted by atomic mass is 32.3. The zero-order valence-corrected chi connectivity index (χ0v) is 13.8. The van der Waals surface area contributed by atoms with E-state index < -0.39 is 10.4 Å². The van der Waals surface area contributed by atoms with E-state index in [1.54, 1.807) is 18.2 Å². The van der Waals surface area contributed by atoms with E-state index in [0.29, 0.717) is 10.8 Å². The molecule has 0 aliphatic rings. The smallest absolute Gasteiger partial charge is 0.369 e. The molecule has 0 saturated carbocycles. The molecule has 0 amide bonds. The standard InChI is InChI=1S/C15H16FN5O2S/c1-2-3-9-18-14-12(10-17)11-19-15(20-14)21(24(16,22)23)13-7-5-4-6-8-13/h4-8,11H,2-3,9H2,1H3,(H,18,19,20). The van der Waals surface area contributed by atoms with Crippen LogP contribution in [0.1, 0.15) is 25.3 Å². The molecule has 1 aromatic heterocycles. The van der Waals surface area contributed by atoms with Crippen molar-refractivity contribution in [1.29, 1.82) is 5.26 Å². The highest BCUT2D eigenvalue weighted by Gasteiger charge is 2.27. The van der Waals surface area contributed by atoms with Crippen LogP contribution in [0.25, 0.3) is 0 Å². The molecule has 0 radical (unpaired) electrons. The predicted molar refractivity (Wildman–Crippen MR) is 88.8 cm³/mol. The van der Waals surface area contributed by atoms with E-state index in [1.165, 1.54) is 12.1 Å². The molecule has 0 saturated heterocycles. The van der Waals surface area contributed by atoms with Crippen LogP contribution in [0.15, 0.2) is 36.5 Å². The maximum atomic E-state index is 13.8. The zero-order chi connectivity index (χ0) is 17.6. The first kappa shape index (κ1) is 17.6. The Morgan fingerprint density at radius 3 is 2.62 bits per heavy atom. The van der Waals surface area contributed by atoms with E-state index in [-0.39, 0.29) is 23.0 Å². The highest BCUT2D eigenvalue weighted by Crippen LogP contribution is 2.27. The third kappa shape index (κ3) is 4.17. The molecule has 0 aliphatic carbocycles. The van der Waals surface area contributed by atoms with Gasteiger partial charge in [0, 0.05) is 6.54 Å². The van der Waals surface area contributed by atoms with Crippen LogP contribution in [0.3, 0.4) is 0 Å². The Morgan fingerprint density at radius 1 is 1.33 bits per heavy atom. The van der Waals surface area contributed by atoms with Gasteiger partial charge < -0.3 is 5.32 Å². The maximum absolute atomic E-state index is 13.8. The molecule has 2 aromatic rings. The first-order valence-corrected chi connectivity index (χ1v) is 8.62. The Bertz CT molecular complexity index is 837. The number of benzene rings is 1. The fourth-order valence-electron chi connectivity index (χ4n) is 1.97. The average molecular weight is 349 g/mol. The van der Waals surface area contributed by atoms with E-state index in [1.807, 2.05) is 13.0 Å². The first-order valence-electron chi connectivity index (χ1n) is 7.28. The van der Waals surface area contributed by atoms with Crippen LogP contribution in [0.5, 0.6) is 0 Å². The highest BCUT2D eigenvalue weighted by molar-refractivity contribution is 7.88. The monoisotopic (exact) mass is 349 g/mol. The van der Waals surface area contributed by atoms with Crippen molar-refractivity contribution in [2.75, 3.05) is 16.2 Å². The van der Waals surface area contributed by atoms with Crippen molar-refractivity contribution in [3.63, 3.8) is 0 Å². The van der Waals surface area contributed by atoms with Gasteiger partial charge in [-0.05, 0) is 18.6 Å². The second-order valence-corrected chi connectivity index (χ2v) is 6.06. The number of hydrogen-bond acceptors (Lipinski definition) is 6. The Hall–Kier alpha value is -2.73. The second-order valence-electron chi connectivity index (χ2n) is 4.87. The molecule has 9 heteroatoms. The summed E-state index contributed by atoms with van der Waals surface area (Å²) in [5, 5.41) is 12.1. The largest absolute Gasteiger partial charge is 0.406 e. The van der Waals surface area contributed by atoms with Gasteiger partial charge in [-0.3, -0.25) is 0 Å². The summed E-state index contributed by atoms with van der Waals surface area (Å²) < 4.78 is 37.3. The third-order valence-electron chi connectivity index (χ3n) is 3.11. The van der Waals surface area contributed by atoms with Crippen molar-refractivity contribution in [2.24, 2.45) is 0 Å². The number of nitrogens with one attached hydrogen (secondary N) is 1. The number of aromatic nitrogens is 2. The molecule has 126 valence electrons. The van der Waals surface area contributed by atoms with Crippen molar-refractivity contribution in [3.8, 4) is 6.07 Å². The van der Waals surface area contributed by atoms with Crippen molar-refractivity contribution >= 4 is 27.9 Å². The summed E-state index contributed by atoms with van der Waals surface area (Å²) in [5.74, 6) is -0.206. The Kier molecular flexibility index (Phi) is 5.65. The molecular formula is C15H16FN5O2S. The number of rotatable bonds is 7. The van der Waals surface area contributed by atoms with Crippen molar-refractivity contribution in [2.45, 2.75) is 19.8 Å². The van der Waals surface area contributed by atoms with Crippen LogP contribution in [0.2, 0.25) is 0 Å². The lowest BCUT2D eigenvalue weighted by Crippen LogP contribution is -2.24. The summed E-state index contributed by atoms with van der Waals surface area (Å²) in [4.78, 5) is 7.84. The number of halogens is 1. The lowest BCUT2D eigenvalue weighted by atomic mass is 10.3. The molecule has 0 spiro atoms. The molecule has 7 nitrogen and oxygen atoms in total. The first-order chi connectivity index (χ1) is 11.5. The van der Waals surface area contributed by atoms with Gasteiger partial charge >= 0.3 is 10.4 Å². The minimum atomic E-state index is -5.13. The fourth-order valence-corrected chi connectivity index (χ4v) is 2.63. The molecule has 1 aromatic carbocycles. The predicted octanol–water partition coefficient (Wildman–Crippen LogP) is 2.91. The van der Waals surface area contributed by atoms with Crippen LogP contribution < -0.4 is 9.62 Å². The number of nitriles is 1. The van der Waals surface area contributed by atoms with E-state index in [0.717, 1.165) is 19.0 Å². The Balaban J connectivity index is 2.48. The van der Waals surface area contributed by atoms with Crippen LogP contribution in [0.4, 0.5) is 21.3 Å². The fraction of sp³-hybridized carbons (Fsp3) is 0.267. The summed E-state index contributed by atoms with van der Waals surface area (Å²) in [5.41, 5.74) is 0.211. The lowest BCUT2D eigenvalue weighted by Gasteiger charge is -2.18. The van der Waals surface area contributed by atoms with E-state index in [9.17, 15) is 12.3 Å². The lowest BCUT2D eigenvalue weighted by molar-refractivity contribution is 0.551. The third-order valence-corrected chi connectivity index (χ3v) is 3.92. The van der Waals surface area contributed by atoms with Crippen LogP contribution >= 0.6 is 0 Å². The maximum Gasteiger partial charge on any atom is 0.406 e. The van der Waals surface area contributed by atoms with Gasteiger partial charge in [0.2, 0.25) is 5.95 Å². The molecule has 0 unspecified atom stereocenters. The van der Waals surface area contributed by atoms with Gasteiger partial charge in [0.25, 0.3) is 0 Å².